The van der Waals surface area contributed by atoms with Gasteiger partial charge in [-0.25, -0.2) is 4.39 Å². The van der Waals surface area contributed by atoms with Gasteiger partial charge < -0.3 is 16.0 Å². The standard InChI is InChI=1S/C19H28FN3O2/c1-13(2)16(23-17(24)14-6-4-5-7-15(14)20)18(25)22-12-19(3)8-10-21-11-9-19/h4-7,13,16,21H,8-12H2,1-3H3,(H,22,25)(H,23,24). The van der Waals surface area contributed by atoms with Crippen LogP contribution in [0.1, 0.15) is 44.0 Å². The third kappa shape index (κ3) is 5.26. The second kappa shape index (κ2) is 8.43. The summed E-state index contributed by atoms with van der Waals surface area (Å²) >= 11 is 0. The summed E-state index contributed by atoms with van der Waals surface area (Å²) in [5.74, 6) is -1.49. The molecule has 0 radical (unpaired) electrons. The maximum Gasteiger partial charge on any atom is 0.254 e. The van der Waals surface area contributed by atoms with E-state index < -0.39 is 17.8 Å². The second-order valence-electron chi connectivity index (χ2n) is 7.45. The maximum atomic E-state index is 13.8. The summed E-state index contributed by atoms with van der Waals surface area (Å²) < 4.78 is 13.8. The first kappa shape index (κ1) is 19.4. The molecule has 1 saturated heterocycles. The normalized spacial score (nSPS) is 17.8. The molecule has 1 aromatic carbocycles. The van der Waals surface area contributed by atoms with Gasteiger partial charge in [-0.2, -0.15) is 0 Å². The number of hydrogen-bond acceptors (Lipinski definition) is 3. The highest BCUT2D eigenvalue weighted by molar-refractivity contribution is 5.97. The third-order valence-corrected chi connectivity index (χ3v) is 4.85. The van der Waals surface area contributed by atoms with E-state index in [0.717, 1.165) is 25.9 Å². The van der Waals surface area contributed by atoms with Gasteiger partial charge in [0.25, 0.3) is 5.91 Å². The lowest BCUT2D eigenvalue weighted by Gasteiger charge is -2.35. The average molecular weight is 349 g/mol. The van der Waals surface area contributed by atoms with Gasteiger partial charge in [0.2, 0.25) is 5.91 Å². The van der Waals surface area contributed by atoms with Crippen molar-refractivity contribution in [2.45, 2.75) is 39.7 Å². The van der Waals surface area contributed by atoms with Crippen LogP contribution in [-0.4, -0.2) is 37.5 Å². The van der Waals surface area contributed by atoms with E-state index in [0.29, 0.717) is 6.54 Å². The van der Waals surface area contributed by atoms with Crippen molar-refractivity contribution >= 4 is 11.8 Å². The van der Waals surface area contributed by atoms with Gasteiger partial charge in [0.05, 0.1) is 5.56 Å². The van der Waals surface area contributed by atoms with Gasteiger partial charge >= 0.3 is 0 Å². The molecule has 5 nitrogen and oxygen atoms in total. The Morgan fingerprint density at radius 2 is 1.88 bits per heavy atom. The minimum absolute atomic E-state index is 0.0498. The molecule has 0 aromatic heterocycles. The molecule has 0 bridgehead atoms. The lowest BCUT2D eigenvalue weighted by atomic mass is 9.81. The summed E-state index contributed by atoms with van der Waals surface area (Å²) in [4.78, 5) is 24.9. The molecule has 3 N–H and O–H groups in total. The van der Waals surface area contributed by atoms with Crippen molar-refractivity contribution in [1.82, 2.24) is 16.0 Å². The Morgan fingerprint density at radius 1 is 1.24 bits per heavy atom. The van der Waals surface area contributed by atoms with Crippen LogP contribution in [0.2, 0.25) is 0 Å². The predicted molar refractivity (Wildman–Crippen MR) is 95.7 cm³/mol. The van der Waals surface area contributed by atoms with Crippen molar-refractivity contribution in [3.63, 3.8) is 0 Å². The van der Waals surface area contributed by atoms with Crippen LogP contribution < -0.4 is 16.0 Å². The second-order valence-corrected chi connectivity index (χ2v) is 7.45. The van der Waals surface area contributed by atoms with Gasteiger partial charge in [0.1, 0.15) is 11.9 Å². The molecule has 2 rings (SSSR count). The zero-order valence-corrected chi connectivity index (χ0v) is 15.2. The Labute approximate surface area is 148 Å². The smallest absolute Gasteiger partial charge is 0.254 e. The highest BCUT2D eigenvalue weighted by Gasteiger charge is 2.30. The van der Waals surface area contributed by atoms with Gasteiger partial charge in [-0.15, -0.1) is 0 Å². The van der Waals surface area contributed by atoms with Crippen LogP contribution in [0, 0.1) is 17.2 Å². The summed E-state index contributed by atoms with van der Waals surface area (Å²) in [5.41, 5.74) is 0.0177. The monoisotopic (exact) mass is 349 g/mol. The molecule has 1 aromatic rings. The Morgan fingerprint density at radius 3 is 2.48 bits per heavy atom. The van der Waals surface area contributed by atoms with E-state index in [-0.39, 0.29) is 22.8 Å². The average Bonchev–Trinajstić information content (AvgIpc) is 2.58. The van der Waals surface area contributed by atoms with Gasteiger partial charge in [-0.1, -0.05) is 32.9 Å². The quantitative estimate of drug-likeness (QED) is 0.736. The molecule has 25 heavy (non-hydrogen) atoms. The summed E-state index contributed by atoms with van der Waals surface area (Å²) in [6, 6.07) is 5.07. The molecule has 1 fully saturated rings. The van der Waals surface area contributed by atoms with Crippen LogP contribution in [0.5, 0.6) is 0 Å². The molecule has 1 heterocycles. The number of amides is 2. The summed E-state index contributed by atoms with van der Waals surface area (Å²) in [6.45, 7) is 8.35. The van der Waals surface area contributed by atoms with Gasteiger partial charge in [-0.05, 0) is 49.4 Å². The molecule has 1 atom stereocenters. The van der Waals surface area contributed by atoms with E-state index in [1.807, 2.05) is 13.8 Å². The SMILES string of the molecule is CC(C)C(NC(=O)c1ccccc1F)C(=O)NCC1(C)CCNCC1. The van der Waals surface area contributed by atoms with Crippen LogP contribution in [0.4, 0.5) is 4.39 Å². The van der Waals surface area contributed by atoms with Crippen LogP contribution in [0.3, 0.4) is 0 Å². The first-order valence-electron chi connectivity index (χ1n) is 8.86. The number of benzene rings is 1. The largest absolute Gasteiger partial charge is 0.354 e. The van der Waals surface area contributed by atoms with Crippen molar-refractivity contribution in [2.75, 3.05) is 19.6 Å². The molecule has 1 aliphatic rings. The predicted octanol–water partition coefficient (Wildman–Crippen LogP) is 2.09. The van der Waals surface area contributed by atoms with E-state index in [4.69, 9.17) is 0 Å². The molecule has 1 unspecified atom stereocenters. The zero-order chi connectivity index (χ0) is 18.4. The number of rotatable bonds is 6. The number of carbonyl (C=O) groups is 2. The molecule has 0 saturated carbocycles. The summed E-state index contributed by atoms with van der Waals surface area (Å²) in [6.07, 6.45) is 2.00. The van der Waals surface area contributed by atoms with Crippen LogP contribution in [0.15, 0.2) is 24.3 Å². The number of carbonyl (C=O) groups excluding carboxylic acids is 2. The molecule has 0 spiro atoms. The molecular formula is C19H28FN3O2. The lowest BCUT2D eigenvalue weighted by Crippen LogP contribution is -2.52. The zero-order valence-electron chi connectivity index (χ0n) is 15.2. The molecule has 6 heteroatoms. The molecular weight excluding hydrogens is 321 g/mol. The summed E-state index contributed by atoms with van der Waals surface area (Å²) in [7, 11) is 0. The van der Waals surface area contributed by atoms with E-state index in [1.165, 1.54) is 18.2 Å². The first-order chi connectivity index (χ1) is 11.8. The first-order valence-corrected chi connectivity index (χ1v) is 8.86. The fourth-order valence-corrected chi connectivity index (χ4v) is 3.02. The third-order valence-electron chi connectivity index (χ3n) is 4.85. The Balaban J connectivity index is 1.98. The van der Waals surface area contributed by atoms with Crippen LogP contribution in [-0.2, 0) is 4.79 Å². The lowest BCUT2D eigenvalue weighted by molar-refractivity contribution is -0.124. The minimum Gasteiger partial charge on any atom is -0.354 e. The van der Waals surface area contributed by atoms with E-state index in [1.54, 1.807) is 6.07 Å². The minimum atomic E-state index is -0.697. The molecule has 2 amide bonds. The van der Waals surface area contributed by atoms with Crippen LogP contribution in [0.25, 0.3) is 0 Å². The van der Waals surface area contributed by atoms with Crippen molar-refractivity contribution in [1.29, 1.82) is 0 Å². The number of nitrogens with one attached hydrogen (secondary N) is 3. The van der Waals surface area contributed by atoms with Crippen LogP contribution >= 0.6 is 0 Å². The van der Waals surface area contributed by atoms with E-state index in [9.17, 15) is 14.0 Å². The number of piperidine rings is 1. The fraction of sp³-hybridized carbons (Fsp3) is 0.579. The van der Waals surface area contributed by atoms with Gasteiger partial charge in [-0.3, -0.25) is 9.59 Å². The molecule has 0 aliphatic carbocycles. The maximum absolute atomic E-state index is 13.8. The Kier molecular flexibility index (Phi) is 6.53. The Hall–Kier alpha value is -1.95. The fourth-order valence-electron chi connectivity index (χ4n) is 3.02. The summed E-state index contributed by atoms with van der Waals surface area (Å²) in [5, 5.41) is 8.95. The topological polar surface area (TPSA) is 70.2 Å². The highest BCUT2D eigenvalue weighted by Crippen LogP contribution is 2.26. The highest BCUT2D eigenvalue weighted by atomic mass is 19.1. The van der Waals surface area contributed by atoms with Crippen molar-refractivity contribution in [3.8, 4) is 0 Å². The van der Waals surface area contributed by atoms with E-state index >= 15 is 0 Å². The molecule has 138 valence electrons. The Bertz CT molecular complexity index is 612. The van der Waals surface area contributed by atoms with Gasteiger partial charge in [0.15, 0.2) is 0 Å². The van der Waals surface area contributed by atoms with Crippen molar-refractivity contribution in [2.24, 2.45) is 11.3 Å². The molecule has 1 aliphatic heterocycles. The van der Waals surface area contributed by atoms with Crippen molar-refractivity contribution in [3.05, 3.63) is 35.6 Å². The number of halogens is 1. The van der Waals surface area contributed by atoms with E-state index in [2.05, 4.69) is 22.9 Å². The van der Waals surface area contributed by atoms with Gasteiger partial charge in [0, 0.05) is 6.54 Å². The number of hydrogen-bond donors (Lipinski definition) is 3. The van der Waals surface area contributed by atoms with Crippen molar-refractivity contribution < 1.29 is 14.0 Å².